The molecule has 1 aromatic heterocycles. The van der Waals surface area contributed by atoms with E-state index in [0.717, 1.165) is 23.9 Å². The van der Waals surface area contributed by atoms with Gasteiger partial charge in [-0.3, -0.25) is 4.68 Å². The molecule has 0 radical (unpaired) electrons. The van der Waals surface area contributed by atoms with Crippen LogP contribution in [0.5, 0.6) is 0 Å². The highest BCUT2D eigenvalue weighted by molar-refractivity contribution is 5.85. The van der Waals surface area contributed by atoms with Crippen molar-refractivity contribution in [3.05, 3.63) is 52.9 Å². The molecule has 1 heterocycles. The van der Waals surface area contributed by atoms with Crippen LogP contribution in [0.15, 0.2) is 24.4 Å². The van der Waals surface area contributed by atoms with Gasteiger partial charge in [-0.1, -0.05) is 12.1 Å². The fraction of sp³-hybridized carbons (Fsp3) is 0.357. The molecule has 2 rings (SSSR count). The zero-order valence-corrected chi connectivity index (χ0v) is 12.3. The van der Waals surface area contributed by atoms with Crippen molar-refractivity contribution in [3.63, 3.8) is 0 Å². The fourth-order valence-electron chi connectivity index (χ4n) is 1.91. The second-order valence-electron chi connectivity index (χ2n) is 4.41. The summed E-state index contributed by atoms with van der Waals surface area (Å²) in [5, 5.41) is 7.43. The quantitative estimate of drug-likeness (QED) is 0.919. The van der Waals surface area contributed by atoms with Gasteiger partial charge in [-0.15, -0.1) is 12.4 Å². The minimum absolute atomic E-state index is 0. The first-order valence-corrected chi connectivity index (χ1v) is 6.28. The largest absolute Gasteiger partial charge is 0.308 e. The van der Waals surface area contributed by atoms with Crippen LogP contribution >= 0.6 is 12.4 Å². The zero-order chi connectivity index (χ0) is 13.8. The van der Waals surface area contributed by atoms with Gasteiger partial charge in [0.1, 0.15) is 0 Å². The summed E-state index contributed by atoms with van der Waals surface area (Å²) in [6.45, 7) is 5.65. The molecule has 0 saturated heterocycles. The minimum Gasteiger partial charge on any atom is -0.308 e. The summed E-state index contributed by atoms with van der Waals surface area (Å²) < 4.78 is 28.3. The number of halogens is 3. The molecule has 0 fully saturated rings. The third-order valence-corrected chi connectivity index (χ3v) is 3.03. The third kappa shape index (κ3) is 3.77. The number of aromatic nitrogens is 2. The summed E-state index contributed by atoms with van der Waals surface area (Å²) in [5.74, 6) is -1.59. The first kappa shape index (κ1) is 16.6. The number of aryl methyl sites for hydroxylation is 2. The van der Waals surface area contributed by atoms with Crippen LogP contribution in [0.2, 0.25) is 0 Å². The smallest absolute Gasteiger partial charge is 0.163 e. The highest BCUT2D eigenvalue weighted by Crippen LogP contribution is 2.11. The van der Waals surface area contributed by atoms with E-state index in [1.807, 2.05) is 24.7 Å². The normalized spacial score (nSPS) is 10.4. The van der Waals surface area contributed by atoms with E-state index >= 15 is 0 Å². The minimum atomic E-state index is -0.811. The van der Waals surface area contributed by atoms with E-state index in [-0.39, 0.29) is 12.4 Å². The van der Waals surface area contributed by atoms with Gasteiger partial charge in [0, 0.05) is 37.0 Å². The predicted octanol–water partition coefficient (Wildman–Crippen LogP) is 3.20. The van der Waals surface area contributed by atoms with E-state index in [2.05, 4.69) is 10.4 Å². The van der Waals surface area contributed by atoms with Gasteiger partial charge in [0.05, 0.1) is 5.69 Å². The van der Waals surface area contributed by atoms with Gasteiger partial charge < -0.3 is 5.32 Å². The number of hydrogen-bond acceptors (Lipinski definition) is 2. The number of rotatable bonds is 5. The van der Waals surface area contributed by atoms with Crippen molar-refractivity contribution >= 4 is 12.4 Å². The third-order valence-electron chi connectivity index (χ3n) is 3.03. The standard InChI is InChI=1S/C14H17F2N3.ClH/c1-3-19-9-12(10(2)18-19)8-17-7-11-5-4-6-13(15)14(11)16;/h4-6,9,17H,3,7-8H2,1-2H3;1H. The fourth-order valence-corrected chi connectivity index (χ4v) is 1.91. The van der Waals surface area contributed by atoms with Gasteiger partial charge in [0.15, 0.2) is 11.6 Å². The first-order valence-electron chi connectivity index (χ1n) is 6.28. The highest BCUT2D eigenvalue weighted by Gasteiger charge is 2.08. The molecule has 0 aliphatic rings. The Morgan fingerprint density at radius 1 is 1.20 bits per heavy atom. The van der Waals surface area contributed by atoms with Crippen molar-refractivity contribution in [2.24, 2.45) is 0 Å². The van der Waals surface area contributed by atoms with Crippen LogP contribution in [-0.4, -0.2) is 9.78 Å². The summed E-state index contributed by atoms with van der Waals surface area (Å²) >= 11 is 0. The molecule has 0 unspecified atom stereocenters. The Morgan fingerprint density at radius 2 is 1.90 bits per heavy atom. The maximum absolute atomic E-state index is 13.4. The summed E-state index contributed by atoms with van der Waals surface area (Å²) in [6.07, 6.45) is 1.96. The van der Waals surface area contributed by atoms with Crippen LogP contribution < -0.4 is 5.32 Å². The predicted molar refractivity (Wildman–Crippen MR) is 76.8 cm³/mol. The summed E-state index contributed by atoms with van der Waals surface area (Å²) in [7, 11) is 0. The SMILES string of the molecule is CCn1cc(CNCc2cccc(F)c2F)c(C)n1.Cl. The lowest BCUT2D eigenvalue weighted by atomic mass is 10.2. The molecule has 0 aliphatic heterocycles. The van der Waals surface area contributed by atoms with E-state index in [0.29, 0.717) is 18.7 Å². The Kier molecular flexibility index (Phi) is 6.10. The van der Waals surface area contributed by atoms with Crippen molar-refractivity contribution in [2.75, 3.05) is 0 Å². The molecule has 1 N–H and O–H groups in total. The lowest BCUT2D eigenvalue weighted by molar-refractivity contribution is 0.492. The molecule has 0 atom stereocenters. The van der Waals surface area contributed by atoms with Crippen molar-refractivity contribution in [3.8, 4) is 0 Å². The Labute approximate surface area is 123 Å². The average Bonchev–Trinajstić information content (AvgIpc) is 2.75. The molecule has 3 nitrogen and oxygen atoms in total. The molecule has 0 spiro atoms. The van der Waals surface area contributed by atoms with Crippen LogP contribution in [0.25, 0.3) is 0 Å². The van der Waals surface area contributed by atoms with E-state index in [1.54, 1.807) is 6.07 Å². The number of hydrogen-bond donors (Lipinski definition) is 1. The van der Waals surface area contributed by atoms with Gasteiger partial charge in [0.2, 0.25) is 0 Å². The van der Waals surface area contributed by atoms with Crippen molar-refractivity contribution in [2.45, 2.75) is 33.5 Å². The maximum Gasteiger partial charge on any atom is 0.163 e. The topological polar surface area (TPSA) is 29.9 Å². The van der Waals surface area contributed by atoms with Gasteiger partial charge in [-0.25, -0.2) is 8.78 Å². The number of nitrogens with one attached hydrogen (secondary N) is 1. The van der Waals surface area contributed by atoms with Gasteiger partial charge in [-0.05, 0) is 19.9 Å². The molecule has 20 heavy (non-hydrogen) atoms. The second kappa shape index (κ2) is 7.36. The summed E-state index contributed by atoms with van der Waals surface area (Å²) in [4.78, 5) is 0. The second-order valence-corrected chi connectivity index (χ2v) is 4.41. The lowest BCUT2D eigenvalue weighted by Crippen LogP contribution is -2.14. The zero-order valence-electron chi connectivity index (χ0n) is 11.5. The molecule has 0 bridgehead atoms. The summed E-state index contributed by atoms with van der Waals surface area (Å²) in [6, 6.07) is 4.21. The number of nitrogens with zero attached hydrogens (tertiary/aromatic N) is 2. The van der Waals surface area contributed by atoms with Crippen LogP contribution in [0.4, 0.5) is 8.78 Å². The Balaban J connectivity index is 0.00000200. The van der Waals surface area contributed by atoms with Crippen LogP contribution in [0, 0.1) is 18.6 Å². The molecular weight excluding hydrogens is 284 g/mol. The summed E-state index contributed by atoms with van der Waals surface area (Å²) in [5.41, 5.74) is 2.35. The molecular formula is C14H18ClF2N3. The Bertz CT molecular complexity index is 570. The molecule has 0 aliphatic carbocycles. The molecule has 6 heteroatoms. The Hall–Kier alpha value is -1.46. The average molecular weight is 302 g/mol. The van der Waals surface area contributed by atoms with Crippen LogP contribution in [0.1, 0.15) is 23.7 Å². The van der Waals surface area contributed by atoms with E-state index in [1.165, 1.54) is 6.07 Å². The maximum atomic E-state index is 13.4. The van der Waals surface area contributed by atoms with E-state index in [4.69, 9.17) is 0 Å². The van der Waals surface area contributed by atoms with Crippen LogP contribution in [0.3, 0.4) is 0 Å². The molecule has 0 saturated carbocycles. The molecule has 110 valence electrons. The number of benzene rings is 1. The molecule has 2 aromatic rings. The molecule has 1 aromatic carbocycles. The highest BCUT2D eigenvalue weighted by atomic mass is 35.5. The first-order chi connectivity index (χ1) is 9.11. The monoisotopic (exact) mass is 301 g/mol. The van der Waals surface area contributed by atoms with Crippen molar-refractivity contribution in [1.82, 2.24) is 15.1 Å². The van der Waals surface area contributed by atoms with Gasteiger partial charge in [0.25, 0.3) is 0 Å². The van der Waals surface area contributed by atoms with E-state index in [9.17, 15) is 8.78 Å². The van der Waals surface area contributed by atoms with Gasteiger partial charge >= 0.3 is 0 Å². The van der Waals surface area contributed by atoms with Gasteiger partial charge in [-0.2, -0.15) is 5.10 Å². The van der Waals surface area contributed by atoms with E-state index < -0.39 is 11.6 Å². The van der Waals surface area contributed by atoms with Crippen LogP contribution in [-0.2, 0) is 19.6 Å². The Morgan fingerprint density at radius 3 is 2.55 bits per heavy atom. The molecule has 0 amide bonds. The van der Waals surface area contributed by atoms with Crippen molar-refractivity contribution < 1.29 is 8.78 Å². The lowest BCUT2D eigenvalue weighted by Gasteiger charge is -2.05. The van der Waals surface area contributed by atoms with Crippen molar-refractivity contribution in [1.29, 1.82) is 0 Å².